The number of hydrogen-bond acceptors (Lipinski definition) is 5. The van der Waals surface area contributed by atoms with Crippen molar-refractivity contribution < 1.29 is 19.2 Å². The Morgan fingerprint density at radius 1 is 1.21 bits per heavy atom. The van der Waals surface area contributed by atoms with Crippen molar-refractivity contribution in [3.05, 3.63) is 63.7 Å². The van der Waals surface area contributed by atoms with Gasteiger partial charge in [-0.25, -0.2) is 0 Å². The van der Waals surface area contributed by atoms with Gasteiger partial charge in [0.15, 0.2) is 11.5 Å². The maximum atomic E-state index is 12.1. The number of carbonyl (C=O) groups excluding carboxylic acids is 1. The third-order valence-electron chi connectivity index (χ3n) is 3.53. The molecule has 0 aromatic heterocycles. The number of carbonyl (C=O) groups is 1. The molecule has 0 fully saturated rings. The van der Waals surface area contributed by atoms with Crippen LogP contribution in [0, 0.1) is 10.1 Å². The lowest BCUT2D eigenvalue weighted by molar-refractivity contribution is -0.384. The summed E-state index contributed by atoms with van der Waals surface area (Å²) in [6.07, 6.45) is 0. The first-order valence-corrected chi connectivity index (χ1v) is 7.53. The Balaban J connectivity index is 1.60. The van der Waals surface area contributed by atoms with Crippen molar-refractivity contribution in [2.75, 3.05) is 6.79 Å². The lowest BCUT2D eigenvalue weighted by Gasteiger charge is -2.11. The first-order valence-electron chi connectivity index (χ1n) is 7.09. The first-order chi connectivity index (χ1) is 11.5. The van der Waals surface area contributed by atoms with Gasteiger partial charge in [0.1, 0.15) is 5.38 Å². The van der Waals surface area contributed by atoms with Gasteiger partial charge in [-0.15, -0.1) is 11.6 Å². The van der Waals surface area contributed by atoms with E-state index in [0.717, 1.165) is 5.56 Å². The molecular weight excluding hydrogens is 336 g/mol. The lowest BCUT2D eigenvalue weighted by Crippen LogP contribution is -2.26. The number of amides is 1. The zero-order valence-electron chi connectivity index (χ0n) is 12.4. The van der Waals surface area contributed by atoms with Gasteiger partial charge in [0.2, 0.25) is 12.7 Å². The Morgan fingerprint density at radius 2 is 1.92 bits per heavy atom. The highest BCUT2D eigenvalue weighted by Crippen LogP contribution is 2.32. The Morgan fingerprint density at radius 3 is 2.62 bits per heavy atom. The van der Waals surface area contributed by atoms with Crippen molar-refractivity contribution in [2.45, 2.75) is 11.9 Å². The molecule has 0 saturated heterocycles. The number of non-ortho nitro benzene ring substituents is 1. The summed E-state index contributed by atoms with van der Waals surface area (Å²) in [5.41, 5.74) is 1.29. The number of nitrogens with one attached hydrogen (secondary N) is 1. The molecule has 1 N–H and O–H groups in total. The van der Waals surface area contributed by atoms with Gasteiger partial charge in [0, 0.05) is 18.7 Å². The molecule has 1 unspecified atom stereocenters. The molecule has 124 valence electrons. The molecule has 8 heteroatoms. The predicted molar refractivity (Wildman–Crippen MR) is 86.1 cm³/mol. The van der Waals surface area contributed by atoms with E-state index in [-0.39, 0.29) is 24.9 Å². The molecule has 0 saturated carbocycles. The summed E-state index contributed by atoms with van der Waals surface area (Å²) in [7, 11) is 0. The second-order valence-corrected chi connectivity index (χ2v) is 5.55. The molecule has 0 aliphatic carbocycles. The van der Waals surface area contributed by atoms with Crippen LogP contribution >= 0.6 is 11.6 Å². The van der Waals surface area contributed by atoms with Crippen LogP contribution in [0.5, 0.6) is 11.5 Å². The predicted octanol–water partition coefficient (Wildman–Crippen LogP) is 2.92. The second kappa shape index (κ2) is 6.76. The summed E-state index contributed by atoms with van der Waals surface area (Å²) >= 11 is 6.12. The fourth-order valence-electron chi connectivity index (χ4n) is 2.25. The fourth-order valence-corrected chi connectivity index (χ4v) is 2.47. The van der Waals surface area contributed by atoms with Gasteiger partial charge in [-0.05, 0) is 23.3 Å². The van der Waals surface area contributed by atoms with E-state index in [4.69, 9.17) is 21.1 Å². The van der Waals surface area contributed by atoms with Gasteiger partial charge in [0.25, 0.3) is 5.69 Å². The monoisotopic (exact) mass is 348 g/mol. The third kappa shape index (κ3) is 3.41. The van der Waals surface area contributed by atoms with Crippen LogP contribution in [0.25, 0.3) is 0 Å². The van der Waals surface area contributed by atoms with Crippen LogP contribution in [0.3, 0.4) is 0 Å². The molecule has 0 bridgehead atoms. The van der Waals surface area contributed by atoms with Crippen LogP contribution in [0.4, 0.5) is 5.69 Å². The van der Waals surface area contributed by atoms with E-state index in [1.54, 1.807) is 12.1 Å². The summed E-state index contributed by atoms with van der Waals surface area (Å²) in [4.78, 5) is 22.3. The van der Waals surface area contributed by atoms with Gasteiger partial charge >= 0.3 is 0 Å². The summed E-state index contributed by atoms with van der Waals surface area (Å²) in [6, 6.07) is 11.0. The third-order valence-corrected chi connectivity index (χ3v) is 3.98. The zero-order valence-corrected chi connectivity index (χ0v) is 13.2. The fraction of sp³-hybridized carbons (Fsp3) is 0.188. The molecule has 3 rings (SSSR count). The van der Waals surface area contributed by atoms with E-state index in [2.05, 4.69) is 5.32 Å². The molecule has 2 aromatic carbocycles. The van der Waals surface area contributed by atoms with E-state index < -0.39 is 10.3 Å². The Labute approximate surface area is 142 Å². The molecule has 0 radical (unpaired) electrons. The van der Waals surface area contributed by atoms with E-state index >= 15 is 0 Å². The van der Waals surface area contributed by atoms with Crippen LogP contribution in [-0.4, -0.2) is 17.6 Å². The topological polar surface area (TPSA) is 90.7 Å². The lowest BCUT2D eigenvalue weighted by atomic mass is 10.1. The van der Waals surface area contributed by atoms with Crippen molar-refractivity contribution >= 4 is 23.2 Å². The smallest absolute Gasteiger partial charge is 0.269 e. The largest absolute Gasteiger partial charge is 0.454 e. The van der Waals surface area contributed by atoms with Crippen LogP contribution in [-0.2, 0) is 11.3 Å². The molecule has 1 aliphatic rings. The highest BCUT2D eigenvalue weighted by molar-refractivity contribution is 6.30. The maximum Gasteiger partial charge on any atom is 0.269 e. The summed E-state index contributed by atoms with van der Waals surface area (Å²) in [5.74, 6) is 0.925. The molecule has 7 nitrogen and oxygen atoms in total. The van der Waals surface area contributed by atoms with E-state index in [9.17, 15) is 14.9 Å². The molecule has 24 heavy (non-hydrogen) atoms. The number of nitro benzene ring substituents is 1. The normalized spacial score (nSPS) is 13.4. The van der Waals surface area contributed by atoms with Crippen molar-refractivity contribution in [2.24, 2.45) is 0 Å². The summed E-state index contributed by atoms with van der Waals surface area (Å²) in [6.45, 7) is 0.473. The number of halogens is 1. The average molecular weight is 349 g/mol. The Bertz CT molecular complexity index is 779. The van der Waals surface area contributed by atoms with Crippen LogP contribution in [0.1, 0.15) is 16.5 Å². The minimum Gasteiger partial charge on any atom is -0.454 e. The number of nitrogens with zero attached hydrogens (tertiary/aromatic N) is 1. The van der Waals surface area contributed by atoms with Crippen molar-refractivity contribution in [3.63, 3.8) is 0 Å². The number of alkyl halides is 1. The maximum absolute atomic E-state index is 12.1. The minimum absolute atomic E-state index is 0.0524. The number of rotatable bonds is 5. The SMILES string of the molecule is O=C(NCc1ccc2c(c1)OCO2)C(Cl)c1ccc([N+](=O)[O-])cc1. The number of benzene rings is 2. The molecule has 0 spiro atoms. The van der Waals surface area contributed by atoms with Gasteiger partial charge < -0.3 is 14.8 Å². The van der Waals surface area contributed by atoms with E-state index in [1.807, 2.05) is 6.07 Å². The van der Waals surface area contributed by atoms with Gasteiger partial charge in [0.05, 0.1) is 4.92 Å². The molecule has 1 aliphatic heterocycles. The highest BCUT2D eigenvalue weighted by atomic mass is 35.5. The van der Waals surface area contributed by atoms with Gasteiger partial charge in [-0.2, -0.15) is 0 Å². The molecule has 1 heterocycles. The van der Waals surface area contributed by atoms with Crippen LogP contribution in [0.15, 0.2) is 42.5 Å². The van der Waals surface area contributed by atoms with Crippen LogP contribution in [0.2, 0.25) is 0 Å². The van der Waals surface area contributed by atoms with Gasteiger partial charge in [-0.1, -0.05) is 18.2 Å². The number of fused-ring (bicyclic) bond motifs is 1. The van der Waals surface area contributed by atoms with Gasteiger partial charge in [-0.3, -0.25) is 14.9 Å². The molecular formula is C16H13ClN2O5. The summed E-state index contributed by atoms with van der Waals surface area (Å²) < 4.78 is 10.5. The van der Waals surface area contributed by atoms with E-state index in [0.29, 0.717) is 17.1 Å². The zero-order chi connectivity index (χ0) is 17.1. The molecule has 1 atom stereocenters. The quantitative estimate of drug-likeness (QED) is 0.509. The standard InChI is InChI=1S/C16H13ClN2O5/c17-15(11-2-4-12(5-3-11)19(21)22)16(20)18-8-10-1-6-13-14(7-10)24-9-23-13/h1-7,15H,8-9H2,(H,18,20). The number of nitro groups is 1. The molecule has 2 aromatic rings. The number of hydrogen-bond donors (Lipinski definition) is 1. The Kier molecular flexibility index (Phi) is 4.52. The first kappa shape index (κ1) is 16.1. The van der Waals surface area contributed by atoms with Crippen molar-refractivity contribution in [1.29, 1.82) is 0 Å². The van der Waals surface area contributed by atoms with Crippen molar-refractivity contribution in [3.8, 4) is 11.5 Å². The van der Waals surface area contributed by atoms with E-state index in [1.165, 1.54) is 24.3 Å². The van der Waals surface area contributed by atoms with Crippen LogP contribution < -0.4 is 14.8 Å². The number of ether oxygens (including phenoxy) is 2. The average Bonchev–Trinajstić information content (AvgIpc) is 3.06. The highest BCUT2D eigenvalue weighted by Gasteiger charge is 2.19. The minimum atomic E-state index is -0.931. The summed E-state index contributed by atoms with van der Waals surface area (Å²) in [5, 5.41) is 12.4. The Hall–Kier alpha value is -2.80. The molecule has 1 amide bonds. The second-order valence-electron chi connectivity index (χ2n) is 5.12. The van der Waals surface area contributed by atoms with Crippen molar-refractivity contribution in [1.82, 2.24) is 5.32 Å².